The summed E-state index contributed by atoms with van der Waals surface area (Å²) in [7, 11) is 0. The summed E-state index contributed by atoms with van der Waals surface area (Å²) in [5, 5.41) is 0. The van der Waals surface area contributed by atoms with Crippen molar-refractivity contribution in [1.29, 1.82) is 0 Å². The van der Waals surface area contributed by atoms with Crippen molar-refractivity contribution in [1.82, 2.24) is 9.88 Å². The topological polar surface area (TPSA) is 45.3 Å². The van der Waals surface area contributed by atoms with Crippen LogP contribution in [0.25, 0.3) is 0 Å². The van der Waals surface area contributed by atoms with E-state index in [4.69, 9.17) is 4.74 Å². The number of hydrogen-bond acceptors (Lipinski definition) is 2. The minimum atomic E-state index is -5.07. The highest BCUT2D eigenvalue weighted by atomic mass is 127. The summed E-state index contributed by atoms with van der Waals surface area (Å²) in [5.74, 6) is 0. The molecule has 1 aliphatic heterocycles. The molecule has 0 saturated carbocycles. The van der Waals surface area contributed by atoms with Crippen LogP contribution in [0, 0.1) is 10.5 Å². The van der Waals surface area contributed by atoms with Crippen molar-refractivity contribution < 1.29 is 49.0 Å². The van der Waals surface area contributed by atoms with Gasteiger partial charge in [0, 0.05) is 27.9 Å². The Morgan fingerprint density at radius 1 is 1.00 bits per heavy atom. The number of hydrogen-bond donors (Lipinski definition) is 1. The van der Waals surface area contributed by atoms with Gasteiger partial charge in [0.25, 0.3) is 0 Å². The van der Waals surface area contributed by atoms with E-state index in [0.717, 1.165) is 4.90 Å². The number of nitrogens with zero attached hydrogens (tertiary/aromatic N) is 1. The van der Waals surface area contributed by atoms with Crippen molar-refractivity contribution in [2.75, 3.05) is 6.54 Å². The van der Waals surface area contributed by atoms with E-state index in [2.05, 4.69) is 4.98 Å². The molecule has 1 atom stereocenters. The summed E-state index contributed by atoms with van der Waals surface area (Å²) >= 11 is 1.51. The lowest BCUT2D eigenvalue weighted by molar-refractivity contribution is -0.143. The van der Waals surface area contributed by atoms with Crippen LogP contribution in [0.1, 0.15) is 46.2 Å². The SMILES string of the molecule is Cc1[nH]c(CN2CCC(c3cc(C(F)(F)F)cc(C(F)(F)F)c3)OC2=O)c(C(F)(F)F)c1I. The second kappa shape index (κ2) is 8.58. The van der Waals surface area contributed by atoms with Crippen molar-refractivity contribution in [3.05, 3.63) is 55.4 Å². The van der Waals surface area contributed by atoms with Crippen LogP contribution in [0.3, 0.4) is 0 Å². The van der Waals surface area contributed by atoms with E-state index >= 15 is 0 Å². The Morgan fingerprint density at radius 2 is 1.55 bits per heavy atom. The van der Waals surface area contributed by atoms with Crippen molar-refractivity contribution in [2.24, 2.45) is 0 Å². The van der Waals surface area contributed by atoms with Gasteiger partial charge >= 0.3 is 24.6 Å². The number of H-pyrrole nitrogens is 1. The Balaban J connectivity index is 1.85. The Morgan fingerprint density at radius 3 is 2.00 bits per heavy atom. The Labute approximate surface area is 194 Å². The third-order valence-corrected chi connectivity index (χ3v) is 6.31. The molecule has 1 unspecified atom stereocenters. The van der Waals surface area contributed by atoms with Crippen LogP contribution < -0.4 is 0 Å². The molecule has 1 aromatic carbocycles. The van der Waals surface area contributed by atoms with E-state index < -0.39 is 59.5 Å². The summed E-state index contributed by atoms with van der Waals surface area (Å²) in [6, 6.07) is 0.872. The maximum absolute atomic E-state index is 13.4. The first-order chi connectivity index (χ1) is 15.0. The molecule has 182 valence electrons. The summed E-state index contributed by atoms with van der Waals surface area (Å²) in [6.45, 7) is 0.643. The maximum Gasteiger partial charge on any atom is 0.419 e. The third-order valence-electron chi connectivity index (χ3n) is 4.97. The Kier molecular flexibility index (Phi) is 6.63. The molecule has 0 bridgehead atoms. The standard InChI is InChI=1S/C19H14F9IN2O2/c1-8-15(29)14(19(26,27)28)12(30-8)7-31-3-2-13(33-16(31)32)9-4-10(17(20,21)22)6-11(5-9)18(23,24)25/h4-6,13,30H,2-3,7H2,1H3. The number of ether oxygens (including phenoxy) is 1. The average molecular weight is 600 g/mol. The van der Waals surface area contributed by atoms with Gasteiger partial charge in [0.1, 0.15) is 6.10 Å². The fourth-order valence-corrected chi connectivity index (χ4v) is 4.20. The van der Waals surface area contributed by atoms with E-state index in [0.29, 0.717) is 12.1 Å². The van der Waals surface area contributed by atoms with Crippen LogP contribution in [0.2, 0.25) is 0 Å². The molecule has 1 aliphatic rings. The molecule has 33 heavy (non-hydrogen) atoms. The first kappa shape index (κ1) is 25.5. The number of aromatic amines is 1. The van der Waals surface area contributed by atoms with Gasteiger partial charge in [-0.2, -0.15) is 39.5 Å². The second-order valence-electron chi connectivity index (χ2n) is 7.34. The van der Waals surface area contributed by atoms with Crippen molar-refractivity contribution in [3.8, 4) is 0 Å². The third kappa shape index (κ3) is 5.51. The lowest BCUT2D eigenvalue weighted by atomic mass is 9.98. The molecule has 2 aromatic rings. The van der Waals surface area contributed by atoms with Gasteiger partial charge in [-0.15, -0.1) is 0 Å². The van der Waals surface area contributed by atoms with Crippen LogP contribution in [0.5, 0.6) is 0 Å². The lowest BCUT2D eigenvalue weighted by Gasteiger charge is -2.32. The molecular weight excluding hydrogens is 586 g/mol. The summed E-state index contributed by atoms with van der Waals surface area (Å²) in [4.78, 5) is 15.8. The van der Waals surface area contributed by atoms with E-state index in [1.807, 2.05) is 0 Å². The highest BCUT2D eigenvalue weighted by Gasteiger charge is 2.41. The number of aromatic nitrogens is 1. The summed E-state index contributed by atoms with van der Waals surface area (Å²) in [5.41, 5.74) is -4.66. The fraction of sp³-hybridized carbons (Fsp3) is 0.421. The van der Waals surface area contributed by atoms with Crippen LogP contribution in [0.4, 0.5) is 44.3 Å². The largest absolute Gasteiger partial charge is 0.441 e. The minimum absolute atomic E-state index is 0.0473. The molecule has 0 radical (unpaired) electrons. The highest BCUT2D eigenvalue weighted by Crippen LogP contribution is 2.40. The average Bonchev–Trinajstić information content (AvgIpc) is 2.95. The van der Waals surface area contributed by atoms with Gasteiger partial charge < -0.3 is 14.6 Å². The first-order valence-corrected chi connectivity index (χ1v) is 10.3. The number of amides is 1. The number of alkyl halides is 9. The monoisotopic (exact) mass is 600 g/mol. The molecule has 1 saturated heterocycles. The van der Waals surface area contributed by atoms with Gasteiger partial charge in [-0.3, -0.25) is 0 Å². The predicted molar refractivity (Wildman–Crippen MR) is 104 cm³/mol. The second-order valence-corrected chi connectivity index (χ2v) is 8.42. The number of benzene rings is 1. The van der Waals surface area contributed by atoms with E-state index in [1.54, 1.807) is 0 Å². The maximum atomic E-state index is 13.4. The molecule has 0 aliphatic carbocycles. The number of carbonyl (C=O) groups is 1. The molecule has 14 heteroatoms. The van der Waals surface area contributed by atoms with E-state index in [-0.39, 0.29) is 34.0 Å². The fourth-order valence-electron chi connectivity index (χ4n) is 3.43. The van der Waals surface area contributed by atoms with Crippen molar-refractivity contribution in [2.45, 2.75) is 44.5 Å². The van der Waals surface area contributed by atoms with Gasteiger partial charge in [-0.05, 0) is 53.3 Å². The number of halogens is 10. The summed E-state index contributed by atoms with van der Waals surface area (Å²) in [6.07, 6.45) is -17.7. The molecule has 2 heterocycles. The zero-order valence-corrected chi connectivity index (χ0v) is 18.6. The van der Waals surface area contributed by atoms with Gasteiger partial charge in [-0.25, -0.2) is 4.79 Å². The first-order valence-electron chi connectivity index (χ1n) is 9.17. The van der Waals surface area contributed by atoms with Crippen LogP contribution >= 0.6 is 22.6 Å². The molecule has 3 rings (SSSR count). The van der Waals surface area contributed by atoms with Crippen molar-refractivity contribution in [3.63, 3.8) is 0 Å². The van der Waals surface area contributed by atoms with Crippen LogP contribution in [0.15, 0.2) is 18.2 Å². The van der Waals surface area contributed by atoms with Gasteiger partial charge in [-0.1, -0.05) is 0 Å². The number of cyclic esters (lactones) is 1. The molecule has 4 nitrogen and oxygen atoms in total. The Hall–Kier alpha value is -2.13. The number of carbonyl (C=O) groups excluding carboxylic acids is 1. The molecule has 1 aromatic heterocycles. The van der Waals surface area contributed by atoms with Gasteiger partial charge in [0.2, 0.25) is 0 Å². The molecular formula is C19H14F9IN2O2. The van der Waals surface area contributed by atoms with Crippen LogP contribution in [-0.4, -0.2) is 22.5 Å². The molecule has 1 amide bonds. The van der Waals surface area contributed by atoms with E-state index in [9.17, 15) is 44.3 Å². The van der Waals surface area contributed by atoms with Crippen LogP contribution in [-0.2, 0) is 29.8 Å². The zero-order chi connectivity index (χ0) is 24.9. The van der Waals surface area contributed by atoms with E-state index in [1.165, 1.54) is 29.5 Å². The number of rotatable bonds is 3. The predicted octanol–water partition coefficient (Wildman–Crippen LogP) is 7.07. The summed E-state index contributed by atoms with van der Waals surface area (Å²) < 4.78 is 124. The van der Waals surface area contributed by atoms with Gasteiger partial charge in [0.05, 0.1) is 23.2 Å². The van der Waals surface area contributed by atoms with Gasteiger partial charge in [0.15, 0.2) is 0 Å². The number of nitrogens with one attached hydrogen (secondary N) is 1. The van der Waals surface area contributed by atoms with Crippen molar-refractivity contribution >= 4 is 28.7 Å². The Bertz CT molecular complexity index is 1020. The zero-order valence-electron chi connectivity index (χ0n) is 16.5. The highest BCUT2D eigenvalue weighted by molar-refractivity contribution is 14.1. The quantitative estimate of drug-likeness (QED) is 0.303. The molecule has 1 fully saturated rings. The number of aryl methyl sites for hydroxylation is 1. The molecule has 1 N–H and O–H groups in total. The minimum Gasteiger partial charge on any atom is -0.441 e. The molecule has 0 spiro atoms. The smallest absolute Gasteiger partial charge is 0.419 e. The lowest BCUT2D eigenvalue weighted by Crippen LogP contribution is -2.39. The normalized spacial score (nSPS) is 18.0.